The molecule has 0 unspecified atom stereocenters. The summed E-state index contributed by atoms with van der Waals surface area (Å²) in [4.78, 5) is 27.9. The summed E-state index contributed by atoms with van der Waals surface area (Å²) in [6.45, 7) is 2.21. The first-order valence-electron chi connectivity index (χ1n) is 10.6. The number of aryl methyl sites for hydroxylation is 2. The summed E-state index contributed by atoms with van der Waals surface area (Å²) in [5.74, 6) is 0.393. The molecule has 0 bridgehead atoms. The van der Waals surface area contributed by atoms with Crippen molar-refractivity contribution in [1.29, 1.82) is 0 Å². The molecule has 158 valence electrons. The van der Waals surface area contributed by atoms with Gasteiger partial charge in [0.1, 0.15) is 16.2 Å². The number of aromatic nitrogens is 3. The highest BCUT2D eigenvalue weighted by molar-refractivity contribution is 8.00. The van der Waals surface area contributed by atoms with Crippen molar-refractivity contribution in [2.75, 3.05) is 5.75 Å². The Bertz CT molecular complexity index is 1280. The number of nitrogens with zero attached hydrogens (tertiary/aromatic N) is 3. The van der Waals surface area contributed by atoms with Gasteiger partial charge in [-0.2, -0.15) is 0 Å². The number of fused-ring (bicyclic) bond motifs is 5. The van der Waals surface area contributed by atoms with Gasteiger partial charge < -0.3 is 0 Å². The van der Waals surface area contributed by atoms with E-state index in [0.29, 0.717) is 16.3 Å². The molecule has 0 saturated heterocycles. The van der Waals surface area contributed by atoms with Crippen molar-refractivity contribution >= 4 is 60.9 Å². The molecule has 0 aliphatic heterocycles. The third kappa shape index (κ3) is 3.97. The number of hydrogen-bond donors (Lipinski definition) is 0. The molecular formula is C24H22ClN3OS2. The predicted molar refractivity (Wildman–Crippen MR) is 130 cm³/mol. The van der Waals surface area contributed by atoms with E-state index in [4.69, 9.17) is 16.6 Å². The van der Waals surface area contributed by atoms with Crippen LogP contribution in [0.4, 0.5) is 0 Å². The maximum absolute atomic E-state index is 12.6. The lowest BCUT2D eigenvalue weighted by Crippen LogP contribution is -2.09. The molecular weight excluding hydrogens is 446 g/mol. The maximum Gasteiger partial charge on any atom is 0.173 e. The monoisotopic (exact) mass is 467 g/mol. The minimum Gasteiger partial charge on any atom is -0.293 e. The number of halogens is 1. The second kappa shape index (κ2) is 8.85. The standard InChI is InChI=1S/C24H22ClN3OS2/c1-2-5-18-16-6-3-4-7-17(16)20-21-22(31-23(20)28-18)24(27-13-26-21)30-12-19(29)14-8-10-15(25)11-9-14/h8-11,13H,2-7,12H2,1H3. The molecule has 1 aliphatic carbocycles. The average Bonchev–Trinajstić information content (AvgIpc) is 3.17. The van der Waals surface area contributed by atoms with Crippen LogP contribution in [0, 0.1) is 0 Å². The number of Topliss-reactive ketones (excluding diaryl/α,β-unsaturated/α-hetero) is 1. The fourth-order valence-electron chi connectivity index (χ4n) is 4.32. The van der Waals surface area contributed by atoms with E-state index < -0.39 is 0 Å². The highest BCUT2D eigenvalue weighted by atomic mass is 35.5. The van der Waals surface area contributed by atoms with Crippen molar-refractivity contribution in [3.8, 4) is 0 Å². The number of rotatable bonds is 6. The van der Waals surface area contributed by atoms with Crippen LogP contribution in [0.1, 0.15) is 53.4 Å². The summed E-state index contributed by atoms with van der Waals surface area (Å²) in [6.07, 6.45) is 8.42. The smallest absolute Gasteiger partial charge is 0.173 e. The van der Waals surface area contributed by atoms with Crippen molar-refractivity contribution in [1.82, 2.24) is 15.0 Å². The summed E-state index contributed by atoms with van der Waals surface area (Å²) in [6, 6.07) is 7.03. The van der Waals surface area contributed by atoms with E-state index in [0.717, 1.165) is 45.8 Å². The van der Waals surface area contributed by atoms with E-state index in [2.05, 4.69) is 16.9 Å². The Morgan fingerprint density at radius 2 is 1.90 bits per heavy atom. The van der Waals surface area contributed by atoms with Crippen LogP contribution in [-0.2, 0) is 19.3 Å². The van der Waals surface area contributed by atoms with E-state index in [9.17, 15) is 4.79 Å². The number of ketones is 1. The zero-order valence-corrected chi connectivity index (χ0v) is 19.7. The van der Waals surface area contributed by atoms with Crippen molar-refractivity contribution in [2.24, 2.45) is 0 Å². The van der Waals surface area contributed by atoms with Gasteiger partial charge in [-0.05, 0) is 67.5 Å². The van der Waals surface area contributed by atoms with Crippen molar-refractivity contribution in [2.45, 2.75) is 50.5 Å². The third-order valence-corrected chi connectivity index (χ3v) is 8.22. The lowest BCUT2D eigenvalue weighted by Gasteiger charge is -2.19. The number of thioether (sulfide) groups is 1. The SMILES string of the molecule is CCCc1nc2sc3c(SCC(=O)c4ccc(Cl)cc4)ncnc3c2c2c1CCCC2. The molecule has 5 rings (SSSR count). The van der Waals surface area contributed by atoms with Crippen LogP contribution in [0.5, 0.6) is 0 Å². The van der Waals surface area contributed by atoms with Crippen LogP contribution in [0.3, 0.4) is 0 Å². The van der Waals surface area contributed by atoms with Gasteiger partial charge >= 0.3 is 0 Å². The van der Waals surface area contributed by atoms with Crippen LogP contribution < -0.4 is 0 Å². The Balaban J connectivity index is 1.53. The second-order valence-corrected chi connectivity index (χ2v) is 10.2. The highest BCUT2D eigenvalue weighted by Gasteiger charge is 2.23. The van der Waals surface area contributed by atoms with Crippen molar-refractivity contribution in [3.05, 3.63) is 58.0 Å². The zero-order chi connectivity index (χ0) is 21.4. The molecule has 4 nitrogen and oxygen atoms in total. The summed E-state index contributed by atoms with van der Waals surface area (Å²) < 4.78 is 1.04. The molecule has 31 heavy (non-hydrogen) atoms. The van der Waals surface area contributed by atoms with E-state index >= 15 is 0 Å². The van der Waals surface area contributed by atoms with Crippen LogP contribution in [-0.4, -0.2) is 26.5 Å². The van der Waals surface area contributed by atoms with Gasteiger partial charge in [-0.3, -0.25) is 4.79 Å². The van der Waals surface area contributed by atoms with E-state index in [1.165, 1.54) is 46.8 Å². The molecule has 0 fully saturated rings. The van der Waals surface area contributed by atoms with Gasteiger partial charge in [0, 0.05) is 21.7 Å². The summed E-state index contributed by atoms with van der Waals surface area (Å²) in [5.41, 5.74) is 5.81. The Hall–Kier alpha value is -2.02. The molecule has 4 aromatic rings. The Morgan fingerprint density at radius 1 is 1.13 bits per heavy atom. The van der Waals surface area contributed by atoms with Gasteiger partial charge in [-0.1, -0.05) is 36.7 Å². The van der Waals surface area contributed by atoms with Gasteiger partial charge in [0.2, 0.25) is 0 Å². The minimum atomic E-state index is 0.0651. The first-order chi connectivity index (χ1) is 15.2. The van der Waals surface area contributed by atoms with Crippen LogP contribution >= 0.6 is 34.7 Å². The Morgan fingerprint density at radius 3 is 2.68 bits per heavy atom. The number of carbonyl (C=O) groups is 1. The third-order valence-electron chi connectivity index (χ3n) is 5.77. The fraction of sp³-hybridized carbons (Fsp3) is 0.333. The van der Waals surface area contributed by atoms with Gasteiger partial charge in [-0.25, -0.2) is 15.0 Å². The number of pyridine rings is 1. The Kier molecular flexibility index (Phi) is 5.95. The van der Waals surface area contributed by atoms with E-state index in [1.807, 2.05) is 0 Å². The maximum atomic E-state index is 12.6. The molecule has 1 aliphatic rings. The van der Waals surface area contributed by atoms with Gasteiger partial charge in [-0.15, -0.1) is 11.3 Å². The summed E-state index contributed by atoms with van der Waals surface area (Å²) in [7, 11) is 0. The quantitative estimate of drug-likeness (QED) is 0.179. The minimum absolute atomic E-state index is 0.0651. The predicted octanol–water partition coefficient (Wildman–Crippen LogP) is 6.70. The highest BCUT2D eigenvalue weighted by Crippen LogP contribution is 2.41. The van der Waals surface area contributed by atoms with Crippen molar-refractivity contribution in [3.63, 3.8) is 0 Å². The topological polar surface area (TPSA) is 55.7 Å². The molecule has 0 atom stereocenters. The normalized spacial score (nSPS) is 13.6. The zero-order valence-electron chi connectivity index (χ0n) is 17.3. The number of carbonyl (C=O) groups excluding carboxylic acids is 1. The molecule has 3 heterocycles. The Labute approximate surface area is 194 Å². The molecule has 0 amide bonds. The number of hydrogen-bond acceptors (Lipinski definition) is 6. The molecule has 0 spiro atoms. The van der Waals surface area contributed by atoms with Crippen LogP contribution in [0.25, 0.3) is 20.4 Å². The fourth-order valence-corrected chi connectivity index (χ4v) is 6.59. The molecule has 3 aromatic heterocycles. The molecule has 0 saturated carbocycles. The second-order valence-electron chi connectivity index (χ2n) is 7.83. The first kappa shape index (κ1) is 20.9. The molecule has 7 heteroatoms. The van der Waals surface area contributed by atoms with E-state index in [-0.39, 0.29) is 5.78 Å². The molecule has 1 aromatic carbocycles. The first-order valence-corrected chi connectivity index (χ1v) is 12.8. The van der Waals surface area contributed by atoms with E-state index in [1.54, 1.807) is 41.9 Å². The molecule has 0 radical (unpaired) electrons. The van der Waals surface area contributed by atoms with Crippen LogP contribution in [0.2, 0.25) is 5.02 Å². The summed E-state index contributed by atoms with van der Waals surface area (Å²) >= 11 is 9.07. The largest absolute Gasteiger partial charge is 0.293 e. The van der Waals surface area contributed by atoms with Gasteiger partial charge in [0.25, 0.3) is 0 Å². The van der Waals surface area contributed by atoms with Gasteiger partial charge in [0.05, 0.1) is 16.0 Å². The number of thiophene rings is 1. The molecule has 0 N–H and O–H groups in total. The lowest BCUT2D eigenvalue weighted by molar-refractivity contribution is 0.102. The van der Waals surface area contributed by atoms with Crippen molar-refractivity contribution < 1.29 is 4.79 Å². The average molecular weight is 468 g/mol. The number of benzene rings is 1. The van der Waals surface area contributed by atoms with Crippen LogP contribution in [0.15, 0.2) is 35.6 Å². The lowest BCUT2D eigenvalue weighted by atomic mass is 9.88. The van der Waals surface area contributed by atoms with Gasteiger partial charge in [0.15, 0.2) is 5.78 Å². The summed E-state index contributed by atoms with van der Waals surface area (Å²) in [5, 5.41) is 2.70.